The van der Waals surface area contributed by atoms with Gasteiger partial charge in [-0.1, -0.05) is 41.6 Å². The number of anilines is 2. The number of hydrogen-bond acceptors (Lipinski definition) is 5. The van der Waals surface area contributed by atoms with Gasteiger partial charge in [0, 0.05) is 12.1 Å². The van der Waals surface area contributed by atoms with E-state index in [0.717, 1.165) is 39.5 Å². The van der Waals surface area contributed by atoms with Crippen molar-refractivity contribution in [2.24, 2.45) is 0 Å². The van der Waals surface area contributed by atoms with E-state index in [1.807, 2.05) is 67.3 Å². The highest BCUT2D eigenvalue weighted by atomic mass is 16.5. The zero-order valence-electron chi connectivity index (χ0n) is 15.3. The summed E-state index contributed by atoms with van der Waals surface area (Å²) in [6.45, 7) is 4.06. The molecule has 1 aliphatic rings. The van der Waals surface area contributed by atoms with Gasteiger partial charge >= 0.3 is 0 Å². The van der Waals surface area contributed by atoms with Gasteiger partial charge in [0.1, 0.15) is 11.8 Å². The van der Waals surface area contributed by atoms with Crippen molar-refractivity contribution in [1.82, 2.24) is 5.16 Å². The van der Waals surface area contributed by atoms with Crippen LogP contribution in [0.4, 0.5) is 11.4 Å². The molecule has 3 aromatic rings. The molecule has 1 unspecified atom stereocenters. The molecule has 2 N–H and O–H groups in total. The number of carbonyl (C=O) groups excluding carboxylic acids is 1. The predicted octanol–water partition coefficient (Wildman–Crippen LogP) is 3.28. The number of aryl methyl sites for hydroxylation is 2. The van der Waals surface area contributed by atoms with Crippen molar-refractivity contribution >= 4 is 17.3 Å². The van der Waals surface area contributed by atoms with Crippen LogP contribution in [0, 0.1) is 13.8 Å². The second-order valence-corrected chi connectivity index (χ2v) is 6.73. The molecule has 0 aliphatic carbocycles. The van der Waals surface area contributed by atoms with Crippen LogP contribution in [0.1, 0.15) is 17.0 Å². The lowest BCUT2D eigenvalue weighted by molar-refractivity contribution is -0.118. The number of hydrogen-bond donors (Lipinski definition) is 2. The predicted molar refractivity (Wildman–Crippen MR) is 104 cm³/mol. The molecule has 0 saturated carbocycles. The highest BCUT2D eigenvalue weighted by molar-refractivity contribution is 6.04. The van der Waals surface area contributed by atoms with Crippen molar-refractivity contribution in [3.63, 3.8) is 0 Å². The van der Waals surface area contributed by atoms with Crippen LogP contribution >= 0.6 is 0 Å². The van der Waals surface area contributed by atoms with Crippen LogP contribution in [0.2, 0.25) is 0 Å². The molecule has 4 rings (SSSR count). The summed E-state index contributed by atoms with van der Waals surface area (Å²) in [7, 11) is 0. The number of aromatic nitrogens is 1. The number of nitrogens with zero attached hydrogens (tertiary/aromatic N) is 2. The Morgan fingerprint density at radius 3 is 2.63 bits per heavy atom. The molecule has 6 nitrogen and oxygen atoms in total. The third-order valence-electron chi connectivity index (χ3n) is 4.93. The zero-order valence-corrected chi connectivity index (χ0v) is 15.3. The van der Waals surface area contributed by atoms with E-state index in [4.69, 9.17) is 4.52 Å². The zero-order chi connectivity index (χ0) is 19.0. The first kappa shape index (κ1) is 17.3. The lowest BCUT2D eigenvalue weighted by Crippen LogP contribution is -2.49. The van der Waals surface area contributed by atoms with Gasteiger partial charge in [-0.2, -0.15) is 0 Å². The first-order chi connectivity index (χ1) is 13.1. The molecule has 1 atom stereocenters. The van der Waals surface area contributed by atoms with E-state index in [9.17, 15) is 9.90 Å². The van der Waals surface area contributed by atoms with E-state index < -0.39 is 6.04 Å². The lowest BCUT2D eigenvalue weighted by atomic mass is 9.99. The molecule has 1 aliphatic heterocycles. The Bertz CT molecular complexity index is 962. The van der Waals surface area contributed by atoms with Crippen molar-refractivity contribution in [1.29, 1.82) is 0 Å². The van der Waals surface area contributed by atoms with Crippen LogP contribution in [-0.2, 0) is 11.3 Å². The summed E-state index contributed by atoms with van der Waals surface area (Å²) in [5.74, 6) is 0.548. The van der Waals surface area contributed by atoms with Gasteiger partial charge in [-0.05, 0) is 37.1 Å². The molecule has 0 bridgehead atoms. The van der Waals surface area contributed by atoms with E-state index in [0.29, 0.717) is 6.54 Å². The number of aliphatic hydroxyl groups excluding tert-OH is 1. The first-order valence-corrected chi connectivity index (χ1v) is 8.88. The van der Waals surface area contributed by atoms with Gasteiger partial charge in [0.15, 0.2) is 0 Å². The summed E-state index contributed by atoms with van der Waals surface area (Å²) >= 11 is 0. The van der Waals surface area contributed by atoms with Gasteiger partial charge in [-0.25, -0.2) is 0 Å². The topological polar surface area (TPSA) is 78.6 Å². The van der Waals surface area contributed by atoms with E-state index in [-0.39, 0.29) is 12.5 Å². The molecule has 2 heterocycles. The molecule has 0 fully saturated rings. The van der Waals surface area contributed by atoms with Crippen LogP contribution in [-0.4, -0.2) is 28.8 Å². The number of benzene rings is 2. The van der Waals surface area contributed by atoms with Gasteiger partial charge in [-0.15, -0.1) is 0 Å². The molecular formula is C21H21N3O3. The van der Waals surface area contributed by atoms with E-state index in [1.165, 1.54) is 0 Å². The van der Waals surface area contributed by atoms with Gasteiger partial charge in [0.05, 0.1) is 23.7 Å². The summed E-state index contributed by atoms with van der Waals surface area (Å²) in [6, 6.07) is 15.1. The number of carbonyl (C=O) groups is 1. The number of rotatable bonds is 4. The molecule has 27 heavy (non-hydrogen) atoms. The van der Waals surface area contributed by atoms with Gasteiger partial charge in [-0.3, -0.25) is 4.79 Å². The molecule has 1 aromatic heterocycles. The average molecular weight is 363 g/mol. The number of amides is 1. The van der Waals surface area contributed by atoms with E-state index in [2.05, 4.69) is 10.5 Å². The summed E-state index contributed by atoms with van der Waals surface area (Å²) < 4.78 is 5.30. The Morgan fingerprint density at radius 1 is 1.19 bits per heavy atom. The number of fused-ring (bicyclic) bond motifs is 1. The monoisotopic (exact) mass is 363 g/mol. The van der Waals surface area contributed by atoms with E-state index >= 15 is 0 Å². The minimum atomic E-state index is -0.641. The van der Waals surface area contributed by atoms with Crippen LogP contribution in [0.15, 0.2) is 53.1 Å². The Balaban J connectivity index is 1.81. The van der Waals surface area contributed by atoms with Crippen molar-refractivity contribution in [2.75, 3.05) is 16.8 Å². The largest absolute Gasteiger partial charge is 0.394 e. The standard InChI is InChI=1S/C21H21N3O3/c1-13-20(14(2)27-23-13)16-8-9-17-18(10-16)24(19(12-25)21(26)22-17)11-15-6-4-3-5-7-15/h3-10,19,25H,11-12H2,1-2H3,(H,22,26). The van der Waals surface area contributed by atoms with Crippen molar-refractivity contribution in [3.8, 4) is 11.1 Å². The third kappa shape index (κ3) is 3.08. The maximum Gasteiger partial charge on any atom is 0.249 e. The Morgan fingerprint density at radius 2 is 1.96 bits per heavy atom. The molecule has 1 amide bonds. The number of nitrogens with one attached hydrogen (secondary N) is 1. The van der Waals surface area contributed by atoms with Crippen molar-refractivity contribution in [2.45, 2.75) is 26.4 Å². The molecule has 0 radical (unpaired) electrons. The average Bonchev–Trinajstić information content (AvgIpc) is 3.01. The van der Waals surface area contributed by atoms with Crippen molar-refractivity contribution in [3.05, 3.63) is 65.5 Å². The van der Waals surface area contributed by atoms with Crippen molar-refractivity contribution < 1.29 is 14.4 Å². The Labute approximate surface area is 157 Å². The first-order valence-electron chi connectivity index (χ1n) is 8.88. The Kier molecular flexibility index (Phi) is 4.41. The smallest absolute Gasteiger partial charge is 0.249 e. The quantitative estimate of drug-likeness (QED) is 0.744. The van der Waals surface area contributed by atoms with Gasteiger partial charge < -0.3 is 19.8 Å². The van der Waals surface area contributed by atoms with Gasteiger partial charge in [0.2, 0.25) is 5.91 Å². The summed E-state index contributed by atoms with van der Waals surface area (Å²) in [5.41, 5.74) is 5.41. The van der Waals surface area contributed by atoms with Crippen LogP contribution in [0.3, 0.4) is 0 Å². The van der Waals surface area contributed by atoms with E-state index in [1.54, 1.807) is 0 Å². The molecule has 6 heteroatoms. The minimum Gasteiger partial charge on any atom is -0.394 e. The second kappa shape index (κ2) is 6.89. The minimum absolute atomic E-state index is 0.203. The maximum atomic E-state index is 12.5. The maximum absolute atomic E-state index is 12.5. The van der Waals surface area contributed by atoms with Gasteiger partial charge in [0.25, 0.3) is 0 Å². The fourth-order valence-corrected chi connectivity index (χ4v) is 3.61. The Hall–Kier alpha value is -3.12. The molecule has 0 spiro atoms. The normalized spacial score (nSPS) is 16.2. The number of aliphatic hydroxyl groups is 1. The molecule has 0 saturated heterocycles. The fourth-order valence-electron chi connectivity index (χ4n) is 3.61. The molecular weight excluding hydrogens is 342 g/mol. The molecule has 2 aromatic carbocycles. The molecule has 138 valence electrons. The van der Waals surface area contributed by atoms with Crippen LogP contribution < -0.4 is 10.2 Å². The third-order valence-corrected chi connectivity index (χ3v) is 4.93. The highest BCUT2D eigenvalue weighted by Gasteiger charge is 2.33. The van der Waals surface area contributed by atoms with Crippen LogP contribution in [0.5, 0.6) is 0 Å². The lowest BCUT2D eigenvalue weighted by Gasteiger charge is -2.37. The summed E-state index contributed by atoms with van der Waals surface area (Å²) in [4.78, 5) is 14.4. The summed E-state index contributed by atoms with van der Waals surface area (Å²) in [5, 5.41) is 16.8. The SMILES string of the molecule is Cc1noc(C)c1-c1ccc2c(c1)N(Cc1ccccc1)C(CO)C(=O)N2. The van der Waals surface area contributed by atoms with Crippen LogP contribution in [0.25, 0.3) is 11.1 Å². The highest BCUT2D eigenvalue weighted by Crippen LogP contribution is 2.38. The second-order valence-electron chi connectivity index (χ2n) is 6.73. The fraction of sp³-hybridized carbons (Fsp3) is 0.238. The summed E-state index contributed by atoms with van der Waals surface area (Å²) in [6.07, 6.45) is 0.